The van der Waals surface area contributed by atoms with E-state index in [1.165, 1.54) is 148 Å². The van der Waals surface area contributed by atoms with Gasteiger partial charge in [-0.25, -0.2) is 0 Å². The van der Waals surface area contributed by atoms with Crippen molar-refractivity contribution in [2.45, 2.75) is 312 Å². The summed E-state index contributed by atoms with van der Waals surface area (Å²) < 4.78 is 22.8. The van der Waals surface area contributed by atoms with Crippen LogP contribution in [0.2, 0.25) is 0 Å². The van der Waals surface area contributed by atoms with Gasteiger partial charge in [0.25, 0.3) is 0 Å². The second-order valence-corrected chi connectivity index (χ2v) is 22.1. The largest absolute Gasteiger partial charge is 0.394 e. The van der Waals surface area contributed by atoms with Crippen LogP contribution >= 0.6 is 0 Å². The monoisotopic (exact) mass is 1120 g/mol. The molecule has 1 amide bonds. The molecule has 79 heavy (non-hydrogen) atoms. The van der Waals surface area contributed by atoms with Gasteiger partial charge < -0.3 is 65.1 Å². The average Bonchev–Trinajstić information content (AvgIpc) is 3.46. The maximum absolute atomic E-state index is 13.3. The second kappa shape index (κ2) is 50.0. The van der Waals surface area contributed by atoms with Crippen molar-refractivity contribution in [3.63, 3.8) is 0 Å². The lowest BCUT2D eigenvalue weighted by Gasteiger charge is -2.46. The Hall–Kier alpha value is -2.57. The molecule has 0 saturated carbocycles. The minimum absolute atomic E-state index is 0.251. The van der Waals surface area contributed by atoms with Crippen LogP contribution in [0, 0.1) is 0 Å². The smallest absolute Gasteiger partial charge is 0.220 e. The summed E-state index contributed by atoms with van der Waals surface area (Å²) in [6.45, 7) is 2.68. The van der Waals surface area contributed by atoms with E-state index in [0.29, 0.717) is 12.8 Å². The lowest BCUT2D eigenvalue weighted by Crippen LogP contribution is -2.65. The Morgan fingerprint density at radius 3 is 1.39 bits per heavy atom. The van der Waals surface area contributed by atoms with Crippen LogP contribution in [0.3, 0.4) is 0 Å². The molecule has 0 aromatic heterocycles. The third-order valence-corrected chi connectivity index (χ3v) is 15.1. The first-order chi connectivity index (χ1) is 38.6. The van der Waals surface area contributed by atoms with E-state index < -0.39 is 86.8 Å². The molecular formula is C65H115NO13. The van der Waals surface area contributed by atoms with Crippen LogP contribution in [0.15, 0.2) is 72.9 Å². The highest BCUT2D eigenvalue weighted by Gasteiger charge is 2.51. The van der Waals surface area contributed by atoms with E-state index in [4.69, 9.17) is 18.9 Å². The summed E-state index contributed by atoms with van der Waals surface area (Å²) in [5, 5.41) is 87.2. The van der Waals surface area contributed by atoms with E-state index >= 15 is 0 Å². The van der Waals surface area contributed by atoms with E-state index in [0.717, 1.165) is 57.8 Å². The zero-order valence-electron chi connectivity index (χ0n) is 49.3. The molecule has 458 valence electrons. The number of unbranched alkanes of at least 4 members (excludes halogenated alkanes) is 27. The van der Waals surface area contributed by atoms with Crippen molar-refractivity contribution in [3.05, 3.63) is 72.9 Å². The van der Waals surface area contributed by atoms with Crippen molar-refractivity contribution in [3.8, 4) is 0 Å². The Kier molecular flexibility index (Phi) is 45.9. The fourth-order valence-corrected chi connectivity index (χ4v) is 10.1. The molecular weight excluding hydrogens is 1000 g/mol. The first-order valence-corrected chi connectivity index (χ1v) is 31.7. The summed E-state index contributed by atoms with van der Waals surface area (Å²) in [5.74, 6) is -0.251. The van der Waals surface area contributed by atoms with Gasteiger partial charge in [-0.1, -0.05) is 234 Å². The number of carbonyl (C=O) groups is 1. The van der Waals surface area contributed by atoms with Crippen molar-refractivity contribution < 1.29 is 64.6 Å². The first-order valence-electron chi connectivity index (χ1n) is 31.7. The molecule has 2 heterocycles. The second-order valence-electron chi connectivity index (χ2n) is 22.1. The molecule has 0 aliphatic carbocycles. The van der Waals surface area contributed by atoms with Crippen molar-refractivity contribution in [2.75, 3.05) is 19.8 Å². The minimum atomic E-state index is -1.79. The van der Waals surface area contributed by atoms with Crippen molar-refractivity contribution in [1.82, 2.24) is 5.32 Å². The van der Waals surface area contributed by atoms with Gasteiger partial charge in [-0.2, -0.15) is 0 Å². The molecule has 14 heteroatoms. The molecule has 0 spiro atoms. The fraction of sp³-hybridized carbons (Fsp3) is 0.800. The summed E-state index contributed by atoms with van der Waals surface area (Å²) >= 11 is 0. The number of hydrogen-bond donors (Lipinski definition) is 9. The number of nitrogens with one attached hydrogen (secondary N) is 1. The molecule has 0 radical (unpaired) electrons. The highest BCUT2D eigenvalue weighted by molar-refractivity contribution is 5.76. The number of allylic oxidation sites excluding steroid dienone is 11. The highest BCUT2D eigenvalue weighted by Crippen LogP contribution is 2.30. The molecule has 0 aromatic carbocycles. The number of aliphatic hydroxyl groups excluding tert-OH is 8. The number of hydrogen-bond acceptors (Lipinski definition) is 13. The van der Waals surface area contributed by atoms with E-state index in [1.54, 1.807) is 6.08 Å². The standard InChI is InChI=1S/C65H115NO13/c1-3-5-7-9-11-13-15-17-19-21-23-24-25-26-27-28-29-30-31-33-35-37-39-41-43-45-47-49-57(70)66-53(54(69)48-46-44-42-40-38-36-34-32-22-20-18-16-14-12-10-8-6-4-2)52-76-64-62(75)60(73)63(56(51-68)78-64)79-65-61(74)59(72)58(71)55(50-67)77-65/h5,7,11,13,17,19,23-24,38,40,46,48,53-56,58-65,67-69,71-75H,3-4,6,8-10,12,14-16,18,20-22,25-37,39,41-45,47,49-52H2,1-2H3,(H,66,70)/b7-5-,13-11-,19-17-,24-23-,40-38+,48-46+. The van der Waals surface area contributed by atoms with Crippen LogP contribution < -0.4 is 5.32 Å². The SMILES string of the molecule is CC/C=C\C/C=C\C/C=C\C/C=C\CCCCCCCCCCCCCCCCC(=O)NC(COC1OC(CO)C(OC2OC(CO)C(O)C(O)C2O)C(O)C1O)C(O)/C=C/CC/C=C/CCCCCCCCCCCCCC. The number of aliphatic hydroxyl groups is 8. The van der Waals surface area contributed by atoms with Crippen LogP contribution in [0.25, 0.3) is 0 Å². The van der Waals surface area contributed by atoms with Gasteiger partial charge in [0.05, 0.1) is 32.0 Å². The summed E-state index contributed by atoms with van der Waals surface area (Å²) in [4.78, 5) is 13.3. The lowest BCUT2D eigenvalue weighted by atomic mass is 9.97. The summed E-state index contributed by atoms with van der Waals surface area (Å²) in [7, 11) is 0. The summed E-state index contributed by atoms with van der Waals surface area (Å²) in [6, 6.07) is -0.935. The van der Waals surface area contributed by atoms with Crippen LogP contribution in [0.1, 0.15) is 239 Å². The molecule has 2 rings (SSSR count). The highest BCUT2D eigenvalue weighted by atomic mass is 16.7. The Balaban J connectivity index is 1.73. The third-order valence-electron chi connectivity index (χ3n) is 15.1. The normalized spacial score (nSPS) is 24.9. The molecule has 12 unspecified atom stereocenters. The number of rotatable bonds is 50. The molecule has 0 bridgehead atoms. The fourth-order valence-electron chi connectivity index (χ4n) is 10.1. The van der Waals surface area contributed by atoms with Crippen molar-refractivity contribution >= 4 is 5.91 Å². The Labute approximate surface area is 478 Å². The minimum Gasteiger partial charge on any atom is -0.394 e. The summed E-state index contributed by atoms with van der Waals surface area (Å²) in [6.07, 6.45) is 49.4. The molecule has 12 atom stereocenters. The van der Waals surface area contributed by atoms with Gasteiger partial charge in [-0.15, -0.1) is 0 Å². The summed E-state index contributed by atoms with van der Waals surface area (Å²) in [5.41, 5.74) is 0. The first kappa shape index (κ1) is 72.5. The van der Waals surface area contributed by atoms with Crippen molar-refractivity contribution in [2.24, 2.45) is 0 Å². The maximum atomic E-state index is 13.3. The van der Waals surface area contributed by atoms with E-state index in [2.05, 4.69) is 79.9 Å². The predicted molar refractivity (Wildman–Crippen MR) is 318 cm³/mol. The van der Waals surface area contributed by atoms with Crippen LogP contribution in [-0.2, 0) is 23.7 Å². The van der Waals surface area contributed by atoms with Gasteiger partial charge in [-0.3, -0.25) is 4.79 Å². The van der Waals surface area contributed by atoms with Crippen LogP contribution in [0.5, 0.6) is 0 Å². The molecule has 2 aliphatic heterocycles. The molecule has 2 saturated heterocycles. The molecule has 0 aromatic rings. The lowest BCUT2D eigenvalue weighted by molar-refractivity contribution is -0.359. The topological polar surface area (TPSA) is 228 Å². The van der Waals surface area contributed by atoms with Crippen molar-refractivity contribution in [1.29, 1.82) is 0 Å². The maximum Gasteiger partial charge on any atom is 0.220 e. The van der Waals surface area contributed by atoms with Gasteiger partial charge in [0, 0.05) is 6.42 Å². The zero-order chi connectivity index (χ0) is 57.4. The number of ether oxygens (including phenoxy) is 4. The van der Waals surface area contributed by atoms with E-state index in [-0.39, 0.29) is 18.9 Å². The third kappa shape index (κ3) is 35.2. The van der Waals surface area contributed by atoms with Gasteiger partial charge in [0.1, 0.15) is 48.8 Å². The Morgan fingerprint density at radius 1 is 0.468 bits per heavy atom. The number of carbonyl (C=O) groups excluding carboxylic acids is 1. The average molecular weight is 1120 g/mol. The van der Waals surface area contributed by atoms with Gasteiger partial charge in [0.15, 0.2) is 12.6 Å². The Morgan fingerprint density at radius 2 is 0.886 bits per heavy atom. The molecule has 2 aliphatic rings. The Bertz CT molecular complexity index is 1600. The quantitative estimate of drug-likeness (QED) is 0.0204. The van der Waals surface area contributed by atoms with Crippen LogP contribution in [-0.4, -0.2) is 140 Å². The van der Waals surface area contributed by atoms with Gasteiger partial charge >= 0.3 is 0 Å². The van der Waals surface area contributed by atoms with E-state index in [1.807, 2.05) is 6.08 Å². The van der Waals surface area contributed by atoms with Crippen LogP contribution in [0.4, 0.5) is 0 Å². The molecule has 2 fully saturated rings. The molecule has 14 nitrogen and oxygen atoms in total. The zero-order valence-corrected chi connectivity index (χ0v) is 49.3. The predicted octanol–water partition coefficient (Wildman–Crippen LogP) is 11.5. The van der Waals surface area contributed by atoms with Gasteiger partial charge in [-0.05, 0) is 70.6 Å². The van der Waals surface area contributed by atoms with E-state index in [9.17, 15) is 45.6 Å². The number of amides is 1. The van der Waals surface area contributed by atoms with Gasteiger partial charge in [0.2, 0.25) is 5.91 Å². The molecule has 9 N–H and O–H groups in total.